The van der Waals surface area contributed by atoms with Crippen molar-refractivity contribution in [1.82, 2.24) is 5.32 Å². The summed E-state index contributed by atoms with van der Waals surface area (Å²) in [6.45, 7) is 1.60. The van der Waals surface area contributed by atoms with Crippen LogP contribution in [0.3, 0.4) is 0 Å². The molecule has 0 saturated heterocycles. The number of nitro groups is 1. The number of nitro benzene ring substituents is 1. The van der Waals surface area contributed by atoms with Crippen LogP contribution in [0.1, 0.15) is 5.56 Å². The normalized spacial score (nSPS) is 10.0. The molecule has 2 aromatic rings. The first-order valence-electron chi connectivity index (χ1n) is 7.09. The van der Waals surface area contributed by atoms with Crippen molar-refractivity contribution in [1.29, 1.82) is 0 Å². The molecule has 0 atom stereocenters. The highest BCUT2D eigenvalue weighted by molar-refractivity contribution is 7.80. The Balaban J connectivity index is 1.90. The molecule has 2 rings (SSSR count). The van der Waals surface area contributed by atoms with Gasteiger partial charge in [0.15, 0.2) is 11.7 Å². The molecule has 130 valence electrons. The number of benzene rings is 2. The molecule has 0 spiro atoms. The lowest BCUT2D eigenvalue weighted by Crippen LogP contribution is -2.37. The molecule has 0 aliphatic heterocycles. The molecule has 2 N–H and O–H groups in total. The highest BCUT2D eigenvalue weighted by Crippen LogP contribution is 2.21. The van der Waals surface area contributed by atoms with Crippen LogP contribution in [0.15, 0.2) is 42.5 Å². The first-order chi connectivity index (χ1) is 11.8. The van der Waals surface area contributed by atoms with Crippen LogP contribution >= 0.6 is 12.2 Å². The maximum atomic E-state index is 13.7. The van der Waals surface area contributed by atoms with E-state index in [0.717, 1.165) is 23.8 Å². The fraction of sp³-hybridized carbons (Fsp3) is 0.125. The zero-order chi connectivity index (χ0) is 18.4. The molecule has 0 aromatic heterocycles. The number of rotatable bonds is 5. The molecule has 0 fully saturated rings. The topological polar surface area (TPSA) is 93.5 Å². The molecule has 9 heteroatoms. The standard InChI is InChI=1S/C16H14FN3O4S/c1-10-3-2-4-12(7-10)24-9-15(21)19-16(25)18-14-8-11(20(22)23)5-6-13(14)17/h2-8H,9H2,1H3,(H2,18,19,21,25). The molecule has 0 unspecified atom stereocenters. The third-order valence-electron chi connectivity index (χ3n) is 3.02. The number of halogens is 1. The van der Waals surface area contributed by atoms with Gasteiger partial charge < -0.3 is 10.1 Å². The summed E-state index contributed by atoms with van der Waals surface area (Å²) in [5.74, 6) is -0.762. The van der Waals surface area contributed by atoms with Crippen molar-refractivity contribution >= 4 is 34.6 Å². The SMILES string of the molecule is Cc1cccc(OCC(=O)NC(=S)Nc2cc([N+](=O)[O-])ccc2F)c1. The zero-order valence-corrected chi connectivity index (χ0v) is 13.9. The van der Waals surface area contributed by atoms with Crippen molar-refractivity contribution in [3.05, 3.63) is 64.0 Å². The predicted molar refractivity (Wildman–Crippen MR) is 94.1 cm³/mol. The van der Waals surface area contributed by atoms with Crippen LogP contribution in [-0.2, 0) is 4.79 Å². The zero-order valence-electron chi connectivity index (χ0n) is 13.1. The molecular weight excluding hydrogens is 349 g/mol. The van der Waals surface area contributed by atoms with Crippen molar-refractivity contribution in [2.75, 3.05) is 11.9 Å². The largest absolute Gasteiger partial charge is 0.484 e. The maximum absolute atomic E-state index is 13.7. The van der Waals surface area contributed by atoms with Crippen LogP contribution in [0.5, 0.6) is 5.75 Å². The van der Waals surface area contributed by atoms with Gasteiger partial charge in [-0.15, -0.1) is 0 Å². The third kappa shape index (κ3) is 5.50. The second kappa shape index (κ2) is 8.15. The van der Waals surface area contributed by atoms with Gasteiger partial charge in [0.2, 0.25) is 0 Å². The van der Waals surface area contributed by atoms with Gasteiger partial charge in [0, 0.05) is 12.1 Å². The highest BCUT2D eigenvalue weighted by Gasteiger charge is 2.13. The van der Waals surface area contributed by atoms with E-state index >= 15 is 0 Å². The van der Waals surface area contributed by atoms with E-state index in [1.54, 1.807) is 18.2 Å². The number of nitrogens with zero attached hydrogens (tertiary/aromatic N) is 1. The number of nitrogens with one attached hydrogen (secondary N) is 2. The van der Waals surface area contributed by atoms with Gasteiger partial charge in [-0.25, -0.2) is 4.39 Å². The summed E-state index contributed by atoms with van der Waals surface area (Å²) in [5.41, 5.74) is 0.469. The van der Waals surface area contributed by atoms with Crippen molar-refractivity contribution in [2.45, 2.75) is 6.92 Å². The molecule has 0 radical (unpaired) electrons. The molecule has 0 bridgehead atoms. The van der Waals surface area contributed by atoms with Gasteiger partial charge in [-0.05, 0) is 42.9 Å². The number of carbonyl (C=O) groups excluding carboxylic acids is 1. The summed E-state index contributed by atoms with van der Waals surface area (Å²) in [6, 6.07) is 10.1. The summed E-state index contributed by atoms with van der Waals surface area (Å²) in [7, 11) is 0. The van der Waals surface area contributed by atoms with Gasteiger partial charge in [0.1, 0.15) is 11.6 Å². The van der Waals surface area contributed by atoms with E-state index < -0.39 is 16.6 Å². The number of hydrogen-bond donors (Lipinski definition) is 2. The lowest BCUT2D eigenvalue weighted by atomic mass is 10.2. The van der Waals surface area contributed by atoms with E-state index in [4.69, 9.17) is 17.0 Å². The van der Waals surface area contributed by atoms with Crippen LogP contribution in [0.4, 0.5) is 15.8 Å². The van der Waals surface area contributed by atoms with E-state index in [1.165, 1.54) is 0 Å². The van der Waals surface area contributed by atoms with Gasteiger partial charge in [-0.1, -0.05) is 12.1 Å². The summed E-state index contributed by atoms with van der Waals surface area (Å²) in [4.78, 5) is 21.8. The Kier molecular flexibility index (Phi) is 5.96. The molecule has 0 heterocycles. The van der Waals surface area contributed by atoms with Crippen molar-refractivity contribution in [3.63, 3.8) is 0 Å². The van der Waals surface area contributed by atoms with Gasteiger partial charge in [-0.3, -0.25) is 20.2 Å². The molecule has 0 aliphatic carbocycles. The molecule has 2 aromatic carbocycles. The minimum Gasteiger partial charge on any atom is -0.484 e. The second-order valence-electron chi connectivity index (χ2n) is 5.03. The van der Waals surface area contributed by atoms with E-state index in [9.17, 15) is 19.3 Å². The van der Waals surface area contributed by atoms with Gasteiger partial charge in [0.05, 0.1) is 10.6 Å². The molecule has 7 nitrogen and oxygen atoms in total. The Morgan fingerprint density at radius 2 is 2.08 bits per heavy atom. The number of amides is 1. The van der Waals surface area contributed by atoms with Crippen LogP contribution in [0, 0.1) is 22.9 Å². The minimum absolute atomic E-state index is 0.197. The monoisotopic (exact) mass is 363 g/mol. The van der Waals surface area contributed by atoms with Crippen LogP contribution in [-0.4, -0.2) is 22.5 Å². The average molecular weight is 363 g/mol. The average Bonchev–Trinajstić information content (AvgIpc) is 2.55. The first kappa shape index (κ1) is 18.3. The van der Waals surface area contributed by atoms with Crippen molar-refractivity contribution in [2.24, 2.45) is 0 Å². The first-order valence-corrected chi connectivity index (χ1v) is 7.50. The van der Waals surface area contributed by atoms with Crippen molar-refractivity contribution < 1.29 is 18.8 Å². The Bertz CT molecular complexity index is 829. The highest BCUT2D eigenvalue weighted by atomic mass is 32.1. The number of carbonyl (C=O) groups is 1. The summed E-state index contributed by atoms with van der Waals surface area (Å²) in [5, 5.41) is 15.2. The van der Waals surface area contributed by atoms with E-state index in [-0.39, 0.29) is 23.1 Å². The molecular formula is C16H14FN3O4S. The number of ether oxygens (including phenoxy) is 1. The summed E-state index contributed by atoms with van der Waals surface area (Å²) < 4.78 is 19.0. The minimum atomic E-state index is -0.738. The van der Waals surface area contributed by atoms with Crippen LogP contribution < -0.4 is 15.4 Å². The number of anilines is 1. The fourth-order valence-electron chi connectivity index (χ4n) is 1.89. The number of thiocarbonyl (C=S) groups is 1. The van der Waals surface area contributed by atoms with Crippen LogP contribution in [0.2, 0.25) is 0 Å². The lowest BCUT2D eigenvalue weighted by molar-refractivity contribution is -0.384. The Morgan fingerprint density at radius 1 is 1.32 bits per heavy atom. The summed E-state index contributed by atoms with van der Waals surface area (Å²) >= 11 is 4.90. The van der Waals surface area contributed by atoms with Crippen LogP contribution in [0.25, 0.3) is 0 Å². The van der Waals surface area contributed by atoms with Gasteiger partial charge in [-0.2, -0.15) is 0 Å². The number of non-ortho nitro benzene ring substituents is 1. The smallest absolute Gasteiger partial charge is 0.271 e. The third-order valence-corrected chi connectivity index (χ3v) is 3.23. The number of hydrogen-bond acceptors (Lipinski definition) is 5. The van der Waals surface area contributed by atoms with E-state index in [1.807, 2.05) is 13.0 Å². The molecule has 1 amide bonds. The Labute approximate surface area is 148 Å². The Hall–Kier alpha value is -3.07. The predicted octanol–water partition coefficient (Wildman–Crippen LogP) is 2.93. The van der Waals surface area contributed by atoms with Crippen molar-refractivity contribution in [3.8, 4) is 5.75 Å². The lowest BCUT2D eigenvalue weighted by Gasteiger charge is -2.11. The fourth-order valence-corrected chi connectivity index (χ4v) is 2.12. The van der Waals surface area contributed by atoms with Gasteiger partial charge >= 0.3 is 0 Å². The Morgan fingerprint density at radius 3 is 2.76 bits per heavy atom. The molecule has 0 aliphatic rings. The molecule has 0 saturated carbocycles. The molecule has 25 heavy (non-hydrogen) atoms. The van der Waals surface area contributed by atoms with E-state index in [2.05, 4.69) is 10.6 Å². The van der Waals surface area contributed by atoms with E-state index in [0.29, 0.717) is 5.75 Å². The number of aryl methyl sites for hydroxylation is 1. The van der Waals surface area contributed by atoms with Gasteiger partial charge in [0.25, 0.3) is 11.6 Å². The summed E-state index contributed by atoms with van der Waals surface area (Å²) in [6.07, 6.45) is 0. The second-order valence-corrected chi connectivity index (χ2v) is 5.44. The maximum Gasteiger partial charge on any atom is 0.271 e. The quantitative estimate of drug-likeness (QED) is 0.482.